The molecule has 2 aromatic rings. The molecule has 23 heavy (non-hydrogen) atoms. The largest absolute Gasteiger partial charge is 0.496 e. The smallest absolute Gasteiger partial charge is 0.151 e. The van der Waals surface area contributed by atoms with Gasteiger partial charge in [-0.05, 0) is 23.6 Å². The SMILES string of the molecule is COc1cc(-c2ccccc2)ccc1CN[C@@H]1CCS(=O)(=O)C1. The van der Waals surface area contributed by atoms with Crippen LogP contribution in [-0.4, -0.2) is 33.1 Å². The highest BCUT2D eigenvalue weighted by Crippen LogP contribution is 2.27. The molecular weight excluding hydrogens is 310 g/mol. The zero-order chi connectivity index (χ0) is 16.3. The molecule has 0 saturated carbocycles. The van der Waals surface area contributed by atoms with Crippen molar-refractivity contribution in [3.05, 3.63) is 54.1 Å². The molecule has 122 valence electrons. The van der Waals surface area contributed by atoms with Gasteiger partial charge in [0.25, 0.3) is 0 Å². The number of hydrogen-bond acceptors (Lipinski definition) is 4. The second-order valence-electron chi connectivity index (χ2n) is 5.87. The number of benzene rings is 2. The molecule has 0 radical (unpaired) electrons. The van der Waals surface area contributed by atoms with Gasteiger partial charge < -0.3 is 10.1 Å². The molecule has 5 heteroatoms. The van der Waals surface area contributed by atoms with E-state index < -0.39 is 9.84 Å². The lowest BCUT2D eigenvalue weighted by atomic mass is 10.0. The maximum atomic E-state index is 11.5. The van der Waals surface area contributed by atoms with Gasteiger partial charge in [-0.3, -0.25) is 0 Å². The second kappa shape index (κ2) is 6.72. The molecule has 0 bridgehead atoms. The van der Waals surface area contributed by atoms with Crippen LogP contribution in [0.4, 0.5) is 0 Å². The lowest BCUT2D eigenvalue weighted by Crippen LogP contribution is -2.29. The first-order valence-electron chi connectivity index (χ1n) is 7.73. The van der Waals surface area contributed by atoms with Crippen molar-refractivity contribution in [3.8, 4) is 16.9 Å². The van der Waals surface area contributed by atoms with Crippen LogP contribution >= 0.6 is 0 Å². The summed E-state index contributed by atoms with van der Waals surface area (Å²) < 4.78 is 28.5. The zero-order valence-corrected chi connectivity index (χ0v) is 14.0. The molecule has 3 rings (SSSR count). The minimum absolute atomic E-state index is 0.0403. The summed E-state index contributed by atoms with van der Waals surface area (Å²) in [7, 11) is -1.19. The van der Waals surface area contributed by atoms with Crippen LogP contribution in [0.5, 0.6) is 5.75 Å². The van der Waals surface area contributed by atoms with Crippen LogP contribution < -0.4 is 10.1 Å². The van der Waals surface area contributed by atoms with Crippen LogP contribution in [0.2, 0.25) is 0 Å². The maximum absolute atomic E-state index is 11.5. The van der Waals surface area contributed by atoms with Crippen LogP contribution in [0.3, 0.4) is 0 Å². The summed E-state index contributed by atoms with van der Waals surface area (Å²) in [5.74, 6) is 1.34. The van der Waals surface area contributed by atoms with Gasteiger partial charge in [-0.15, -0.1) is 0 Å². The molecule has 2 aromatic carbocycles. The van der Waals surface area contributed by atoms with E-state index in [0.29, 0.717) is 13.0 Å². The Morgan fingerprint density at radius 3 is 2.57 bits per heavy atom. The fraction of sp³-hybridized carbons (Fsp3) is 0.333. The standard InChI is InChI=1S/C18H21NO3S/c1-22-18-11-15(14-5-3-2-4-6-14)7-8-16(18)12-19-17-9-10-23(20,21)13-17/h2-8,11,17,19H,9-10,12-13H2,1H3/t17-/m1/s1. The average molecular weight is 331 g/mol. The molecule has 1 atom stereocenters. The summed E-state index contributed by atoms with van der Waals surface area (Å²) in [6, 6.07) is 16.3. The van der Waals surface area contributed by atoms with Gasteiger partial charge in [-0.2, -0.15) is 0 Å². The van der Waals surface area contributed by atoms with Crippen LogP contribution in [0.1, 0.15) is 12.0 Å². The van der Waals surface area contributed by atoms with E-state index in [4.69, 9.17) is 4.74 Å². The van der Waals surface area contributed by atoms with Gasteiger partial charge in [0.05, 0.1) is 18.6 Å². The van der Waals surface area contributed by atoms with Crippen molar-refractivity contribution in [1.82, 2.24) is 5.32 Å². The first kappa shape index (κ1) is 16.0. The first-order valence-corrected chi connectivity index (χ1v) is 9.56. The number of rotatable bonds is 5. The molecule has 0 aromatic heterocycles. The Balaban J connectivity index is 1.73. The Kier molecular flexibility index (Phi) is 4.68. The number of ether oxygens (including phenoxy) is 1. The minimum Gasteiger partial charge on any atom is -0.496 e. The molecule has 1 aliphatic heterocycles. The highest BCUT2D eigenvalue weighted by molar-refractivity contribution is 7.91. The van der Waals surface area contributed by atoms with Crippen LogP contribution in [0.25, 0.3) is 11.1 Å². The highest BCUT2D eigenvalue weighted by atomic mass is 32.2. The summed E-state index contributed by atoms with van der Waals surface area (Å²) >= 11 is 0. The molecule has 1 saturated heterocycles. The lowest BCUT2D eigenvalue weighted by molar-refractivity contribution is 0.406. The van der Waals surface area contributed by atoms with E-state index in [1.165, 1.54) is 0 Å². The fourth-order valence-corrected chi connectivity index (χ4v) is 4.62. The van der Waals surface area contributed by atoms with Gasteiger partial charge in [-0.25, -0.2) is 8.42 Å². The van der Waals surface area contributed by atoms with Gasteiger partial charge in [0, 0.05) is 18.2 Å². The van der Waals surface area contributed by atoms with E-state index in [1.54, 1.807) is 7.11 Å². The molecule has 0 aliphatic carbocycles. The summed E-state index contributed by atoms with van der Waals surface area (Å²) in [6.45, 7) is 0.610. The van der Waals surface area contributed by atoms with Crippen LogP contribution in [-0.2, 0) is 16.4 Å². The first-order chi connectivity index (χ1) is 11.1. The van der Waals surface area contributed by atoms with E-state index in [1.807, 2.05) is 30.3 Å². The summed E-state index contributed by atoms with van der Waals surface area (Å²) in [5.41, 5.74) is 3.29. The predicted molar refractivity (Wildman–Crippen MR) is 92.3 cm³/mol. The van der Waals surface area contributed by atoms with Gasteiger partial charge in [0.15, 0.2) is 9.84 Å². The number of nitrogens with one attached hydrogen (secondary N) is 1. The van der Waals surface area contributed by atoms with E-state index in [2.05, 4.69) is 23.5 Å². The van der Waals surface area contributed by atoms with E-state index in [0.717, 1.165) is 22.4 Å². The van der Waals surface area contributed by atoms with E-state index in [9.17, 15) is 8.42 Å². The fourth-order valence-electron chi connectivity index (χ4n) is 2.91. The number of sulfone groups is 1. The quantitative estimate of drug-likeness (QED) is 0.915. The minimum atomic E-state index is -2.85. The van der Waals surface area contributed by atoms with Gasteiger partial charge in [-0.1, -0.05) is 42.5 Å². The number of hydrogen-bond donors (Lipinski definition) is 1. The van der Waals surface area contributed by atoms with Crippen molar-refractivity contribution in [2.45, 2.75) is 19.0 Å². The Morgan fingerprint density at radius 2 is 1.91 bits per heavy atom. The Morgan fingerprint density at radius 1 is 1.13 bits per heavy atom. The van der Waals surface area contributed by atoms with Crippen LogP contribution in [0, 0.1) is 0 Å². The third-order valence-electron chi connectivity index (χ3n) is 4.21. The van der Waals surface area contributed by atoms with Crippen molar-refractivity contribution in [1.29, 1.82) is 0 Å². The third kappa shape index (κ3) is 3.92. The molecular formula is C18H21NO3S. The molecule has 4 nitrogen and oxygen atoms in total. The van der Waals surface area contributed by atoms with E-state index >= 15 is 0 Å². The summed E-state index contributed by atoms with van der Waals surface area (Å²) in [6.07, 6.45) is 0.687. The van der Waals surface area contributed by atoms with Crippen molar-refractivity contribution >= 4 is 9.84 Å². The van der Waals surface area contributed by atoms with Crippen molar-refractivity contribution < 1.29 is 13.2 Å². The number of methoxy groups -OCH3 is 1. The highest BCUT2D eigenvalue weighted by Gasteiger charge is 2.27. The predicted octanol–water partition coefficient (Wildman–Crippen LogP) is 2.64. The van der Waals surface area contributed by atoms with Gasteiger partial charge in [0.1, 0.15) is 5.75 Å². The molecule has 1 N–H and O–H groups in total. The maximum Gasteiger partial charge on any atom is 0.151 e. The molecule has 0 spiro atoms. The monoisotopic (exact) mass is 331 g/mol. The molecule has 0 amide bonds. The Labute approximate surface area is 137 Å². The zero-order valence-electron chi connectivity index (χ0n) is 13.2. The second-order valence-corrected chi connectivity index (χ2v) is 8.10. The normalized spacial score (nSPS) is 19.6. The molecule has 1 aliphatic rings. The van der Waals surface area contributed by atoms with Crippen molar-refractivity contribution in [3.63, 3.8) is 0 Å². The van der Waals surface area contributed by atoms with E-state index in [-0.39, 0.29) is 17.5 Å². The summed E-state index contributed by atoms with van der Waals surface area (Å²) in [4.78, 5) is 0. The molecule has 1 heterocycles. The Hall–Kier alpha value is -1.85. The van der Waals surface area contributed by atoms with Gasteiger partial charge in [0.2, 0.25) is 0 Å². The average Bonchev–Trinajstić information content (AvgIpc) is 2.92. The van der Waals surface area contributed by atoms with Crippen molar-refractivity contribution in [2.75, 3.05) is 18.6 Å². The molecule has 0 unspecified atom stereocenters. The summed E-state index contributed by atoms with van der Waals surface area (Å²) in [5, 5.41) is 3.33. The topological polar surface area (TPSA) is 55.4 Å². The molecule has 1 fully saturated rings. The van der Waals surface area contributed by atoms with Crippen molar-refractivity contribution in [2.24, 2.45) is 0 Å². The van der Waals surface area contributed by atoms with Crippen LogP contribution in [0.15, 0.2) is 48.5 Å². The van der Waals surface area contributed by atoms with Gasteiger partial charge >= 0.3 is 0 Å². The Bertz CT molecular complexity index is 772. The third-order valence-corrected chi connectivity index (χ3v) is 5.98. The lowest BCUT2D eigenvalue weighted by Gasteiger charge is -2.14.